The summed E-state index contributed by atoms with van der Waals surface area (Å²) in [5.74, 6) is 0. The Hall–Kier alpha value is -1.71. The van der Waals surface area contributed by atoms with Gasteiger partial charge < -0.3 is 11.1 Å². The molecule has 0 saturated carbocycles. The number of aromatic nitrogens is 2. The van der Waals surface area contributed by atoms with Gasteiger partial charge in [0.15, 0.2) is 0 Å². The molecule has 15 heavy (non-hydrogen) atoms. The fourth-order valence-electron chi connectivity index (χ4n) is 1.21. The second-order valence-corrected chi connectivity index (χ2v) is 3.39. The lowest BCUT2D eigenvalue weighted by atomic mass is 10.2. The third-order valence-electron chi connectivity index (χ3n) is 2.05. The Morgan fingerprint density at radius 3 is 2.93 bits per heavy atom. The van der Waals surface area contributed by atoms with Crippen LogP contribution in [0.2, 0.25) is 0 Å². The SMILES string of the molecule is CCN/C=C\C(C)=C\c1c(N)cnn1C. The number of anilines is 1. The van der Waals surface area contributed by atoms with Crippen LogP contribution in [0.5, 0.6) is 0 Å². The van der Waals surface area contributed by atoms with Crippen molar-refractivity contribution in [2.45, 2.75) is 13.8 Å². The summed E-state index contributed by atoms with van der Waals surface area (Å²) in [6.07, 6.45) is 7.61. The second kappa shape index (κ2) is 5.24. The first kappa shape index (κ1) is 11.4. The molecule has 0 radical (unpaired) electrons. The lowest BCUT2D eigenvalue weighted by Crippen LogP contribution is -2.01. The summed E-state index contributed by atoms with van der Waals surface area (Å²) in [4.78, 5) is 0. The van der Waals surface area contributed by atoms with E-state index in [2.05, 4.69) is 17.3 Å². The van der Waals surface area contributed by atoms with Crippen LogP contribution in [0.15, 0.2) is 24.0 Å². The van der Waals surface area contributed by atoms with E-state index in [1.165, 1.54) is 0 Å². The Morgan fingerprint density at radius 1 is 1.67 bits per heavy atom. The van der Waals surface area contributed by atoms with Gasteiger partial charge in [-0.2, -0.15) is 5.10 Å². The molecular weight excluding hydrogens is 188 g/mol. The van der Waals surface area contributed by atoms with Crippen LogP contribution in [0.1, 0.15) is 19.5 Å². The van der Waals surface area contributed by atoms with Gasteiger partial charge in [-0.15, -0.1) is 0 Å². The van der Waals surface area contributed by atoms with Crippen LogP contribution in [-0.4, -0.2) is 16.3 Å². The van der Waals surface area contributed by atoms with Crippen molar-refractivity contribution < 1.29 is 0 Å². The van der Waals surface area contributed by atoms with Crippen LogP contribution in [0, 0.1) is 0 Å². The maximum Gasteiger partial charge on any atom is 0.0839 e. The van der Waals surface area contributed by atoms with E-state index in [4.69, 9.17) is 5.73 Å². The van der Waals surface area contributed by atoms with Gasteiger partial charge in [-0.1, -0.05) is 0 Å². The number of hydrogen-bond donors (Lipinski definition) is 2. The average molecular weight is 206 g/mol. The molecule has 0 aliphatic rings. The van der Waals surface area contributed by atoms with Gasteiger partial charge in [0.1, 0.15) is 0 Å². The molecule has 0 saturated heterocycles. The Labute approximate surface area is 90.5 Å². The predicted molar refractivity (Wildman–Crippen MR) is 64.1 cm³/mol. The summed E-state index contributed by atoms with van der Waals surface area (Å²) in [6, 6.07) is 0. The van der Waals surface area contributed by atoms with Gasteiger partial charge in [-0.25, -0.2) is 0 Å². The Morgan fingerprint density at radius 2 is 2.40 bits per heavy atom. The number of aryl methyl sites for hydroxylation is 1. The summed E-state index contributed by atoms with van der Waals surface area (Å²) in [7, 11) is 1.88. The van der Waals surface area contributed by atoms with Gasteiger partial charge in [0.2, 0.25) is 0 Å². The highest BCUT2D eigenvalue weighted by Crippen LogP contribution is 2.13. The summed E-state index contributed by atoms with van der Waals surface area (Å²) in [5, 5.41) is 7.19. The quantitative estimate of drug-likeness (QED) is 0.734. The van der Waals surface area contributed by atoms with Gasteiger partial charge in [0, 0.05) is 13.6 Å². The molecule has 0 aliphatic carbocycles. The molecule has 0 unspecified atom stereocenters. The van der Waals surface area contributed by atoms with Crippen molar-refractivity contribution in [2.24, 2.45) is 7.05 Å². The molecule has 1 aromatic rings. The van der Waals surface area contributed by atoms with Crippen molar-refractivity contribution in [3.8, 4) is 0 Å². The zero-order chi connectivity index (χ0) is 11.3. The van der Waals surface area contributed by atoms with E-state index in [1.807, 2.05) is 32.3 Å². The highest BCUT2D eigenvalue weighted by Gasteiger charge is 2.00. The molecule has 1 rings (SSSR count). The van der Waals surface area contributed by atoms with E-state index in [9.17, 15) is 0 Å². The summed E-state index contributed by atoms with van der Waals surface area (Å²) >= 11 is 0. The molecule has 4 heteroatoms. The molecule has 0 atom stereocenters. The van der Waals surface area contributed by atoms with Crippen LogP contribution in [0.3, 0.4) is 0 Å². The van der Waals surface area contributed by atoms with Crippen LogP contribution in [0.25, 0.3) is 6.08 Å². The van der Waals surface area contributed by atoms with E-state index in [1.54, 1.807) is 10.9 Å². The van der Waals surface area contributed by atoms with Gasteiger partial charge in [0.25, 0.3) is 0 Å². The standard InChI is InChI=1S/C11H18N4/c1-4-13-6-5-9(2)7-11-10(12)8-14-15(11)3/h5-8,13H,4,12H2,1-3H3/b6-5-,9-7+. The summed E-state index contributed by atoms with van der Waals surface area (Å²) in [5.41, 5.74) is 8.55. The number of rotatable bonds is 4. The first-order valence-corrected chi connectivity index (χ1v) is 5.01. The van der Waals surface area contributed by atoms with Crippen LogP contribution < -0.4 is 11.1 Å². The molecule has 82 valence electrons. The molecule has 1 aromatic heterocycles. The monoisotopic (exact) mass is 206 g/mol. The van der Waals surface area contributed by atoms with Gasteiger partial charge in [-0.05, 0) is 37.8 Å². The van der Waals surface area contributed by atoms with Gasteiger partial charge in [0.05, 0.1) is 17.6 Å². The molecule has 3 N–H and O–H groups in total. The molecule has 0 spiro atoms. The summed E-state index contributed by atoms with van der Waals surface area (Å²) < 4.78 is 1.76. The van der Waals surface area contributed by atoms with Crippen molar-refractivity contribution in [1.29, 1.82) is 0 Å². The maximum atomic E-state index is 5.78. The van der Waals surface area contributed by atoms with Crippen molar-refractivity contribution in [3.63, 3.8) is 0 Å². The van der Waals surface area contributed by atoms with Crippen LogP contribution >= 0.6 is 0 Å². The first-order valence-electron chi connectivity index (χ1n) is 5.01. The van der Waals surface area contributed by atoms with Gasteiger partial charge in [-0.3, -0.25) is 4.68 Å². The van der Waals surface area contributed by atoms with E-state index >= 15 is 0 Å². The predicted octanol–water partition coefficient (Wildman–Crippen LogP) is 1.53. The largest absolute Gasteiger partial charge is 0.396 e. The lowest BCUT2D eigenvalue weighted by molar-refractivity contribution is 0.759. The molecule has 1 heterocycles. The van der Waals surface area contributed by atoms with Crippen molar-refractivity contribution >= 4 is 11.8 Å². The van der Waals surface area contributed by atoms with Crippen molar-refractivity contribution in [1.82, 2.24) is 15.1 Å². The van der Waals surface area contributed by atoms with E-state index in [0.717, 1.165) is 17.8 Å². The third-order valence-corrected chi connectivity index (χ3v) is 2.05. The highest BCUT2D eigenvalue weighted by molar-refractivity contribution is 5.63. The molecule has 0 aliphatic heterocycles. The normalized spacial score (nSPS) is 12.3. The van der Waals surface area contributed by atoms with Crippen molar-refractivity contribution in [2.75, 3.05) is 12.3 Å². The van der Waals surface area contributed by atoms with Gasteiger partial charge >= 0.3 is 0 Å². The molecule has 0 bridgehead atoms. The number of nitrogens with two attached hydrogens (primary N) is 1. The number of nitrogens with zero attached hydrogens (tertiary/aromatic N) is 2. The molecule has 0 fully saturated rings. The van der Waals surface area contributed by atoms with Crippen LogP contribution in [0.4, 0.5) is 5.69 Å². The number of nitrogen functional groups attached to an aromatic ring is 1. The van der Waals surface area contributed by atoms with E-state index in [0.29, 0.717) is 5.69 Å². The van der Waals surface area contributed by atoms with Crippen LogP contribution in [-0.2, 0) is 7.05 Å². The Balaban J connectivity index is 2.78. The van der Waals surface area contributed by atoms with E-state index < -0.39 is 0 Å². The first-order chi connectivity index (χ1) is 7.15. The minimum absolute atomic E-state index is 0.703. The molecule has 0 amide bonds. The number of hydrogen-bond acceptors (Lipinski definition) is 3. The molecule has 0 aromatic carbocycles. The number of nitrogens with one attached hydrogen (secondary N) is 1. The minimum atomic E-state index is 0.703. The van der Waals surface area contributed by atoms with E-state index in [-0.39, 0.29) is 0 Å². The fourth-order valence-corrected chi connectivity index (χ4v) is 1.21. The highest BCUT2D eigenvalue weighted by atomic mass is 15.3. The smallest absolute Gasteiger partial charge is 0.0839 e. The summed E-state index contributed by atoms with van der Waals surface area (Å²) in [6.45, 7) is 5.01. The topological polar surface area (TPSA) is 55.9 Å². The zero-order valence-electron chi connectivity index (χ0n) is 9.49. The average Bonchev–Trinajstić information content (AvgIpc) is 2.50. The minimum Gasteiger partial charge on any atom is -0.396 e. The second-order valence-electron chi connectivity index (χ2n) is 3.39. The maximum absolute atomic E-state index is 5.78. The molecular formula is C11H18N4. The zero-order valence-corrected chi connectivity index (χ0v) is 9.49. The fraction of sp³-hybridized carbons (Fsp3) is 0.364. The Bertz CT molecular complexity index is 354. The lowest BCUT2D eigenvalue weighted by Gasteiger charge is -1.98. The third kappa shape index (κ3) is 3.16. The van der Waals surface area contributed by atoms with Crippen molar-refractivity contribution in [3.05, 3.63) is 29.7 Å². The Kier molecular flexibility index (Phi) is 3.97. The molecule has 4 nitrogen and oxygen atoms in total. The number of allylic oxidation sites excluding steroid dienone is 2.